The van der Waals surface area contributed by atoms with Gasteiger partial charge in [-0.15, -0.1) is 0 Å². The van der Waals surface area contributed by atoms with Crippen molar-refractivity contribution in [2.24, 2.45) is 23.2 Å². The van der Waals surface area contributed by atoms with Crippen LogP contribution in [0.3, 0.4) is 0 Å². The molecule has 0 aliphatic heterocycles. The minimum absolute atomic E-state index is 0.110. The Morgan fingerprint density at radius 1 is 1.28 bits per heavy atom. The molecule has 5 rings (SSSR count). The van der Waals surface area contributed by atoms with E-state index in [2.05, 4.69) is 23.6 Å². The molecule has 0 radical (unpaired) electrons. The number of ether oxygens (including phenoxy) is 1. The van der Waals surface area contributed by atoms with Crippen molar-refractivity contribution in [1.82, 2.24) is 10.6 Å². The van der Waals surface area contributed by atoms with E-state index >= 15 is 0 Å². The van der Waals surface area contributed by atoms with Crippen molar-refractivity contribution in [2.75, 3.05) is 7.11 Å². The molecule has 4 bridgehead atoms. The molecule has 0 heterocycles. The summed E-state index contributed by atoms with van der Waals surface area (Å²) in [6.07, 6.45) is 9.40. The standard InChI is InChI=1S/C24H31N3O2/c1-16(24-10-18-6-19(11-24)8-20(7-18)12-24)27-23(28)21(13-25)15-26-14-17-4-3-5-22(9-17)29-2/h3-5,9,15-16,18-20,26H,6-8,10-12,14H2,1-2H3,(H,27,28)/b21-15-. The van der Waals surface area contributed by atoms with E-state index in [1.807, 2.05) is 24.3 Å². The molecule has 0 saturated heterocycles. The van der Waals surface area contributed by atoms with Crippen LogP contribution in [0, 0.1) is 34.5 Å². The van der Waals surface area contributed by atoms with Gasteiger partial charge in [-0.3, -0.25) is 4.79 Å². The predicted octanol–water partition coefficient (Wildman–Crippen LogP) is 3.91. The van der Waals surface area contributed by atoms with Gasteiger partial charge in [0, 0.05) is 18.8 Å². The quantitative estimate of drug-likeness (QED) is 0.544. The van der Waals surface area contributed by atoms with Gasteiger partial charge in [0.05, 0.1) is 7.11 Å². The van der Waals surface area contributed by atoms with E-state index in [4.69, 9.17) is 4.74 Å². The van der Waals surface area contributed by atoms with Crippen molar-refractivity contribution in [2.45, 2.75) is 58.0 Å². The molecule has 1 unspecified atom stereocenters. The van der Waals surface area contributed by atoms with Crippen LogP contribution in [0.4, 0.5) is 0 Å². The number of hydrogen-bond acceptors (Lipinski definition) is 4. The van der Waals surface area contributed by atoms with Crippen molar-refractivity contribution in [3.63, 3.8) is 0 Å². The maximum atomic E-state index is 12.8. The molecule has 1 atom stereocenters. The number of nitrogens with zero attached hydrogens (tertiary/aromatic N) is 1. The molecular formula is C24H31N3O2. The zero-order valence-electron chi connectivity index (χ0n) is 17.4. The Kier molecular flexibility index (Phi) is 5.54. The molecule has 4 aliphatic rings. The van der Waals surface area contributed by atoms with Gasteiger partial charge in [0.25, 0.3) is 5.91 Å². The summed E-state index contributed by atoms with van der Waals surface area (Å²) < 4.78 is 5.23. The van der Waals surface area contributed by atoms with Gasteiger partial charge in [-0.2, -0.15) is 5.26 Å². The van der Waals surface area contributed by atoms with Crippen LogP contribution in [0.5, 0.6) is 5.75 Å². The van der Waals surface area contributed by atoms with E-state index < -0.39 is 0 Å². The van der Waals surface area contributed by atoms with Crippen LogP contribution in [-0.2, 0) is 11.3 Å². The highest BCUT2D eigenvalue weighted by molar-refractivity contribution is 5.97. The molecule has 5 nitrogen and oxygen atoms in total. The van der Waals surface area contributed by atoms with Crippen LogP contribution < -0.4 is 15.4 Å². The molecule has 1 amide bonds. The number of nitrogens with one attached hydrogen (secondary N) is 2. The Labute approximate surface area is 173 Å². The molecule has 4 saturated carbocycles. The molecule has 154 valence electrons. The van der Waals surface area contributed by atoms with E-state index in [-0.39, 0.29) is 22.9 Å². The number of rotatable bonds is 7. The molecule has 0 aromatic heterocycles. The van der Waals surface area contributed by atoms with Gasteiger partial charge in [0.15, 0.2) is 0 Å². The van der Waals surface area contributed by atoms with Gasteiger partial charge in [0.2, 0.25) is 0 Å². The van der Waals surface area contributed by atoms with Crippen molar-refractivity contribution in [1.29, 1.82) is 5.26 Å². The van der Waals surface area contributed by atoms with Crippen LogP contribution >= 0.6 is 0 Å². The molecule has 4 aliphatic carbocycles. The highest BCUT2D eigenvalue weighted by Gasteiger charge is 2.53. The van der Waals surface area contributed by atoms with Gasteiger partial charge < -0.3 is 15.4 Å². The first-order valence-electron chi connectivity index (χ1n) is 10.8. The molecule has 4 fully saturated rings. The number of amides is 1. The zero-order valence-corrected chi connectivity index (χ0v) is 17.4. The molecule has 1 aromatic rings. The van der Waals surface area contributed by atoms with Crippen LogP contribution in [-0.4, -0.2) is 19.1 Å². The van der Waals surface area contributed by atoms with Crippen molar-refractivity contribution >= 4 is 5.91 Å². The van der Waals surface area contributed by atoms with E-state index in [0.717, 1.165) is 29.1 Å². The lowest BCUT2D eigenvalue weighted by molar-refractivity contribution is -0.122. The average molecular weight is 394 g/mol. The lowest BCUT2D eigenvalue weighted by Gasteiger charge is -2.59. The van der Waals surface area contributed by atoms with E-state index in [1.54, 1.807) is 7.11 Å². The molecular weight excluding hydrogens is 362 g/mol. The molecule has 29 heavy (non-hydrogen) atoms. The maximum absolute atomic E-state index is 12.8. The smallest absolute Gasteiger partial charge is 0.263 e. The Morgan fingerprint density at radius 2 is 1.93 bits per heavy atom. The third-order valence-electron chi connectivity index (χ3n) is 7.40. The third-order valence-corrected chi connectivity index (χ3v) is 7.40. The summed E-state index contributed by atoms with van der Waals surface area (Å²) in [6, 6.07) is 9.88. The third kappa shape index (κ3) is 4.12. The summed E-state index contributed by atoms with van der Waals surface area (Å²) in [5.74, 6) is 3.05. The Hall–Kier alpha value is -2.48. The lowest BCUT2D eigenvalue weighted by atomic mass is 9.48. The van der Waals surface area contributed by atoms with E-state index in [0.29, 0.717) is 6.54 Å². The summed E-state index contributed by atoms with van der Waals surface area (Å²) in [5.41, 5.74) is 1.39. The number of carbonyl (C=O) groups is 1. The first kappa shape index (κ1) is 19.8. The maximum Gasteiger partial charge on any atom is 0.263 e. The van der Waals surface area contributed by atoms with Crippen LogP contribution in [0.1, 0.15) is 51.0 Å². The monoisotopic (exact) mass is 393 g/mol. The van der Waals surface area contributed by atoms with Gasteiger partial charge >= 0.3 is 0 Å². The number of benzene rings is 1. The summed E-state index contributed by atoms with van der Waals surface area (Å²) in [7, 11) is 1.63. The normalized spacial score (nSPS) is 31.1. The average Bonchev–Trinajstić information content (AvgIpc) is 2.70. The zero-order chi connectivity index (χ0) is 20.4. The van der Waals surface area contributed by atoms with Gasteiger partial charge in [-0.1, -0.05) is 12.1 Å². The van der Waals surface area contributed by atoms with Crippen LogP contribution in [0.15, 0.2) is 36.0 Å². The van der Waals surface area contributed by atoms with Crippen molar-refractivity contribution in [3.05, 3.63) is 41.6 Å². The highest BCUT2D eigenvalue weighted by atomic mass is 16.5. The fourth-order valence-corrected chi connectivity index (χ4v) is 6.34. The van der Waals surface area contributed by atoms with Crippen molar-refractivity contribution in [3.8, 4) is 11.8 Å². The van der Waals surface area contributed by atoms with Crippen LogP contribution in [0.25, 0.3) is 0 Å². The molecule has 2 N–H and O–H groups in total. The minimum Gasteiger partial charge on any atom is -0.497 e. The number of carbonyl (C=O) groups excluding carboxylic acids is 1. The Bertz CT molecular complexity index is 803. The summed E-state index contributed by atoms with van der Waals surface area (Å²) in [6.45, 7) is 2.67. The SMILES string of the molecule is COc1cccc(CN/C=C(/C#N)C(=O)NC(C)C23CC4CC(CC(C4)C2)C3)c1. The summed E-state index contributed by atoms with van der Waals surface area (Å²) in [4.78, 5) is 12.8. The van der Waals surface area contributed by atoms with Gasteiger partial charge in [0.1, 0.15) is 17.4 Å². The second-order valence-electron chi connectivity index (χ2n) is 9.38. The largest absolute Gasteiger partial charge is 0.497 e. The number of methoxy groups -OCH3 is 1. The summed E-state index contributed by atoms with van der Waals surface area (Å²) in [5, 5.41) is 15.7. The Balaban J connectivity index is 1.36. The highest BCUT2D eigenvalue weighted by Crippen LogP contribution is 2.61. The fourth-order valence-electron chi connectivity index (χ4n) is 6.34. The first-order chi connectivity index (χ1) is 14.0. The second-order valence-corrected chi connectivity index (χ2v) is 9.38. The minimum atomic E-state index is -0.270. The predicted molar refractivity (Wildman–Crippen MR) is 112 cm³/mol. The van der Waals surface area contributed by atoms with E-state index in [1.165, 1.54) is 44.7 Å². The lowest BCUT2D eigenvalue weighted by Crippen LogP contribution is -2.56. The topological polar surface area (TPSA) is 74.1 Å². The van der Waals surface area contributed by atoms with Crippen LogP contribution in [0.2, 0.25) is 0 Å². The van der Waals surface area contributed by atoms with Gasteiger partial charge in [-0.25, -0.2) is 0 Å². The van der Waals surface area contributed by atoms with Gasteiger partial charge in [-0.05, 0) is 86.3 Å². The number of hydrogen-bond donors (Lipinski definition) is 2. The summed E-state index contributed by atoms with van der Waals surface area (Å²) >= 11 is 0. The molecule has 5 heteroatoms. The molecule has 1 aromatic carbocycles. The second kappa shape index (κ2) is 8.10. The first-order valence-corrected chi connectivity index (χ1v) is 10.8. The van der Waals surface area contributed by atoms with Crippen molar-refractivity contribution < 1.29 is 9.53 Å². The molecule has 0 spiro atoms. The van der Waals surface area contributed by atoms with E-state index in [9.17, 15) is 10.1 Å². The number of nitriles is 1. The Morgan fingerprint density at radius 3 is 2.52 bits per heavy atom. The fraction of sp³-hybridized carbons (Fsp3) is 0.583.